The molecule has 96 valence electrons. The van der Waals surface area contributed by atoms with Gasteiger partial charge in [-0.25, -0.2) is 4.98 Å². The molecule has 0 aliphatic rings. The second kappa shape index (κ2) is 5.36. The van der Waals surface area contributed by atoms with E-state index >= 15 is 0 Å². The normalized spacial score (nSPS) is 12.7. The van der Waals surface area contributed by atoms with Crippen molar-refractivity contribution < 1.29 is 4.42 Å². The minimum atomic E-state index is 0.147. The fourth-order valence-electron chi connectivity index (χ4n) is 2.02. The number of hydrogen-bond acceptors (Lipinski definition) is 3. The van der Waals surface area contributed by atoms with Crippen molar-refractivity contribution in [3.63, 3.8) is 0 Å². The Morgan fingerprint density at radius 1 is 1.33 bits per heavy atom. The van der Waals surface area contributed by atoms with Crippen LogP contribution in [0.25, 0.3) is 11.3 Å². The van der Waals surface area contributed by atoms with Gasteiger partial charge >= 0.3 is 0 Å². The fourth-order valence-corrected chi connectivity index (χ4v) is 2.02. The molecule has 3 nitrogen and oxygen atoms in total. The molecule has 1 aromatic heterocycles. The molecular weight excluding hydrogens is 224 g/mol. The average molecular weight is 244 g/mol. The van der Waals surface area contributed by atoms with E-state index in [9.17, 15) is 0 Å². The quantitative estimate of drug-likeness (QED) is 0.892. The number of aryl methyl sites for hydroxylation is 1. The van der Waals surface area contributed by atoms with Gasteiger partial charge in [0.1, 0.15) is 0 Å². The average Bonchev–Trinajstić information content (AvgIpc) is 2.82. The Labute approximate surface area is 108 Å². The number of nitrogens with one attached hydrogen (secondary N) is 1. The molecule has 0 radical (unpaired) electrons. The molecule has 3 heteroatoms. The molecule has 1 atom stereocenters. The number of rotatable bonds is 4. The lowest BCUT2D eigenvalue weighted by molar-refractivity contribution is 0.429. The van der Waals surface area contributed by atoms with E-state index < -0.39 is 0 Å². The van der Waals surface area contributed by atoms with Gasteiger partial charge in [-0.3, -0.25) is 0 Å². The second-order valence-electron chi connectivity index (χ2n) is 4.59. The Hall–Kier alpha value is -1.61. The maximum Gasteiger partial charge on any atom is 0.211 e. The molecule has 0 fully saturated rings. The van der Waals surface area contributed by atoms with Crippen LogP contribution in [0.4, 0.5) is 0 Å². The van der Waals surface area contributed by atoms with Crippen LogP contribution in [0.3, 0.4) is 0 Å². The molecule has 0 saturated carbocycles. The van der Waals surface area contributed by atoms with Crippen molar-refractivity contribution in [2.75, 3.05) is 6.54 Å². The molecule has 0 aliphatic carbocycles. The SMILES string of the molecule is CCNC(C)c1ncc(-c2cccc(C)c2C)o1. The first-order valence-corrected chi connectivity index (χ1v) is 6.39. The van der Waals surface area contributed by atoms with E-state index in [1.54, 1.807) is 0 Å². The Morgan fingerprint density at radius 2 is 2.11 bits per heavy atom. The van der Waals surface area contributed by atoms with Crippen LogP contribution < -0.4 is 5.32 Å². The molecule has 0 saturated heterocycles. The third-order valence-electron chi connectivity index (χ3n) is 3.27. The van der Waals surface area contributed by atoms with Crippen molar-refractivity contribution >= 4 is 0 Å². The van der Waals surface area contributed by atoms with Gasteiger partial charge in [-0.15, -0.1) is 0 Å². The van der Waals surface area contributed by atoms with E-state index in [1.165, 1.54) is 11.1 Å². The van der Waals surface area contributed by atoms with Crippen molar-refractivity contribution in [1.29, 1.82) is 0 Å². The molecular formula is C15H20N2O. The van der Waals surface area contributed by atoms with E-state index in [4.69, 9.17) is 4.42 Å². The molecule has 2 aromatic rings. The van der Waals surface area contributed by atoms with E-state index in [-0.39, 0.29) is 6.04 Å². The summed E-state index contributed by atoms with van der Waals surface area (Å²) in [6, 6.07) is 6.38. The first-order valence-electron chi connectivity index (χ1n) is 6.39. The molecule has 0 bridgehead atoms. The molecule has 1 unspecified atom stereocenters. The molecule has 1 N–H and O–H groups in total. The summed E-state index contributed by atoms with van der Waals surface area (Å²) in [6.07, 6.45) is 1.81. The zero-order chi connectivity index (χ0) is 13.1. The maximum absolute atomic E-state index is 5.85. The zero-order valence-electron chi connectivity index (χ0n) is 11.4. The van der Waals surface area contributed by atoms with E-state index in [2.05, 4.69) is 50.1 Å². The van der Waals surface area contributed by atoms with Crippen molar-refractivity contribution in [1.82, 2.24) is 10.3 Å². The van der Waals surface area contributed by atoms with Gasteiger partial charge in [-0.05, 0) is 38.4 Å². The van der Waals surface area contributed by atoms with Crippen LogP contribution in [-0.2, 0) is 0 Å². The molecule has 18 heavy (non-hydrogen) atoms. The standard InChI is InChI=1S/C15H20N2O/c1-5-16-12(4)15-17-9-14(18-15)13-8-6-7-10(2)11(13)3/h6-9,12,16H,5H2,1-4H3. The molecule has 2 rings (SSSR count). The summed E-state index contributed by atoms with van der Waals surface area (Å²) in [5.74, 6) is 1.59. The largest absolute Gasteiger partial charge is 0.439 e. The van der Waals surface area contributed by atoms with E-state index in [1.807, 2.05) is 12.3 Å². The predicted octanol–water partition coefficient (Wildman–Crippen LogP) is 3.63. The number of benzene rings is 1. The summed E-state index contributed by atoms with van der Waals surface area (Å²) < 4.78 is 5.85. The Bertz CT molecular complexity index is 531. The first-order chi connectivity index (χ1) is 8.63. The topological polar surface area (TPSA) is 38.1 Å². The van der Waals surface area contributed by atoms with Crippen molar-refractivity contribution in [2.24, 2.45) is 0 Å². The second-order valence-corrected chi connectivity index (χ2v) is 4.59. The highest BCUT2D eigenvalue weighted by Crippen LogP contribution is 2.27. The number of hydrogen-bond donors (Lipinski definition) is 1. The van der Waals surface area contributed by atoms with E-state index in [0.29, 0.717) is 0 Å². The highest BCUT2D eigenvalue weighted by Gasteiger charge is 2.13. The van der Waals surface area contributed by atoms with Crippen LogP contribution in [0.5, 0.6) is 0 Å². The Morgan fingerprint density at radius 3 is 2.83 bits per heavy atom. The number of aromatic nitrogens is 1. The lowest BCUT2D eigenvalue weighted by Gasteiger charge is -2.08. The first kappa shape index (κ1) is 12.8. The van der Waals surface area contributed by atoms with Gasteiger partial charge in [-0.1, -0.05) is 25.1 Å². The summed E-state index contributed by atoms with van der Waals surface area (Å²) in [4.78, 5) is 4.35. The highest BCUT2D eigenvalue weighted by molar-refractivity contribution is 5.62. The number of nitrogens with zero attached hydrogens (tertiary/aromatic N) is 1. The molecule has 1 heterocycles. The van der Waals surface area contributed by atoms with Crippen molar-refractivity contribution in [3.8, 4) is 11.3 Å². The van der Waals surface area contributed by atoms with Crippen LogP contribution >= 0.6 is 0 Å². The van der Waals surface area contributed by atoms with Crippen LogP contribution in [0.2, 0.25) is 0 Å². The van der Waals surface area contributed by atoms with Gasteiger partial charge in [0.15, 0.2) is 5.76 Å². The Balaban J connectivity index is 2.32. The predicted molar refractivity (Wildman–Crippen MR) is 73.5 cm³/mol. The third kappa shape index (κ3) is 2.46. The molecule has 0 aliphatic heterocycles. The smallest absolute Gasteiger partial charge is 0.211 e. The van der Waals surface area contributed by atoms with E-state index in [0.717, 1.165) is 23.8 Å². The fraction of sp³-hybridized carbons (Fsp3) is 0.400. The van der Waals surface area contributed by atoms with Crippen LogP contribution in [-0.4, -0.2) is 11.5 Å². The summed E-state index contributed by atoms with van der Waals surface area (Å²) >= 11 is 0. The minimum absolute atomic E-state index is 0.147. The summed E-state index contributed by atoms with van der Waals surface area (Å²) in [5.41, 5.74) is 3.64. The summed E-state index contributed by atoms with van der Waals surface area (Å²) in [7, 11) is 0. The van der Waals surface area contributed by atoms with Gasteiger partial charge in [0.25, 0.3) is 0 Å². The Kier molecular flexibility index (Phi) is 3.82. The van der Waals surface area contributed by atoms with Crippen molar-refractivity contribution in [3.05, 3.63) is 41.4 Å². The third-order valence-corrected chi connectivity index (χ3v) is 3.27. The lowest BCUT2D eigenvalue weighted by Crippen LogP contribution is -2.17. The monoisotopic (exact) mass is 244 g/mol. The number of oxazole rings is 1. The maximum atomic E-state index is 5.85. The lowest BCUT2D eigenvalue weighted by atomic mass is 10.0. The van der Waals surface area contributed by atoms with Gasteiger partial charge in [0, 0.05) is 5.56 Å². The molecule has 0 spiro atoms. The molecule has 0 amide bonds. The van der Waals surface area contributed by atoms with Gasteiger partial charge in [0.05, 0.1) is 12.2 Å². The van der Waals surface area contributed by atoms with Crippen LogP contribution in [0.1, 0.15) is 36.9 Å². The van der Waals surface area contributed by atoms with Crippen molar-refractivity contribution in [2.45, 2.75) is 33.7 Å². The van der Waals surface area contributed by atoms with Crippen LogP contribution in [0, 0.1) is 13.8 Å². The summed E-state index contributed by atoms with van der Waals surface area (Å²) in [5, 5.41) is 3.30. The zero-order valence-corrected chi connectivity index (χ0v) is 11.4. The van der Waals surface area contributed by atoms with Crippen LogP contribution in [0.15, 0.2) is 28.8 Å². The van der Waals surface area contributed by atoms with Gasteiger partial charge in [-0.2, -0.15) is 0 Å². The minimum Gasteiger partial charge on any atom is -0.439 e. The molecule has 1 aromatic carbocycles. The van der Waals surface area contributed by atoms with Gasteiger partial charge in [0.2, 0.25) is 5.89 Å². The summed E-state index contributed by atoms with van der Waals surface area (Å²) in [6.45, 7) is 9.26. The van der Waals surface area contributed by atoms with Gasteiger partial charge < -0.3 is 9.73 Å². The highest BCUT2D eigenvalue weighted by atomic mass is 16.4.